The molecule has 2 fully saturated rings. The first-order valence-electron chi connectivity index (χ1n) is 10.1. The minimum absolute atomic E-state index is 0.0513. The Balaban J connectivity index is 1.94. The number of aliphatic hydroxyl groups excluding tert-OH is 1. The molecule has 4 heterocycles. The number of nitrogens with one attached hydrogen (secondary N) is 1. The lowest BCUT2D eigenvalue weighted by atomic mass is 10.1. The van der Waals surface area contributed by atoms with E-state index in [2.05, 4.69) is 15.3 Å². The Morgan fingerprint density at radius 2 is 2.00 bits per heavy atom. The van der Waals surface area contributed by atoms with E-state index in [0.29, 0.717) is 0 Å². The lowest BCUT2D eigenvalue weighted by Crippen LogP contribution is -2.31. The van der Waals surface area contributed by atoms with Crippen molar-refractivity contribution in [1.82, 2.24) is 14.5 Å². The molecule has 2 aromatic heterocycles. The van der Waals surface area contributed by atoms with Gasteiger partial charge in [0.1, 0.15) is 41.4 Å². The number of rotatable bonds is 5. The highest BCUT2D eigenvalue weighted by molar-refractivity contribution is 6.00. The smallest absolute Gasteiger partial charge is 0.343 e. The van der Waals surface area contributed by atoms with Gasteiger partial charge in [-0.2, -0.15) is 0 Å². The van der Waals surface area contributed by atoms with E-state index in [1.165, 1.54) is 24.0 Å². The van der Waals surface area contributed by atoms with Gasteiger partial charge in [0.05, 0.1) is 13.2 Å². The average Bonchev–Trinajstić information content (AvgIpc) is 3.21. The predicted octanol–water partition coefficient (Wildman–Crippen LogP) is 0.336. The summed E-state index contributed by atoms with van der Waals surface area (Å²) in [5, 5.41) is 12.2. The highest BCUT2D eigenvalue weighted by atomic mass is 16.8. The first-order valence-corrected chi connectivity index (χ1v) is 10.1. The Kier molecular flexibility index (Phi) is 5.71. The van der Waals surface area contributed by atoms with Crippen LogP contribution >= 0.6 is 0 Å². The van der Waals surface area contributed by atoms with Gasteiger partial charge in [-0.05, 0) is 20.8 Å². The highest BCUT2D eigenvalue weighted by Crippen LogP contribution is 2.43. The molecule has 0 radical (unpaired) electrons. The normalized spacial score (nSPS) is 26.2. The molecular formula is C20H24N4O8. The maximum absolute atomic E-state index is 13.2. The van der Waals surface area contributed by atoms with Crippen LogP contribution in [0, 0.1) is 0 Å². The molecule has 172 valence electrons. The second kappa shape index (κ2) is 8.20. The van der Waals surface area contributed by atoms with Gasteiger partial charge in [-0.1, -0.05) is 0 Å². The van der Waals surface area contributed by atoms with Crippen LogP contribution in [0.1, 0.15) is 44.3 Å². The summed E-state index contributed by atoms with van der Waals surface area (Å²) in [4.78, 5) is 45.6. The first-order chi connectivity index (χ1) is 15.2. The van der Waals surface area contributed by atoms with E-state index >= 15 is 0 Å². The van der Waals surface area contributed by atoms with Crippen LogP contribution < -0.4 is 10.7 Å². The Bertz CT molecular complexity index is 1130. The molecule has 0 saturated carbocycles. The van der Waals surface area contributed by atoms with Crippen LogP contribution in [0.4, 0.5) is 5.82 Å². The van der Waals surface area contributed by atoms with E-state index < -0.39 is 47.6 Å². The molecular weight excluding hydrogens is 424 g/mol. The summed E-state index contributed by atoms with van der Waals surface area (Å²) in [7, 11) is 0. The summed E-state index contributed by atoms with van der Waals surface area (Å²) in [5.74, 6) is -2.28. The van der Waals surface area contributed by atoms with Gasteiger partial charge in [0.15, 0.2) is 17.7 Å². The highest BCUT2D eigenvalue weighted by Gasteiger charge is 2.56. The number of fused-ring (bicyclic) bond motifs is 2. The third kappa shape index (κ3) is 3.75. The fraction of sp³-hybridized carbons (Fsp3) is 0.550. The van der Waals surface area contributed by atoms with Crippen LogP contribution in [0.15, 0.2) is 17.3 Å². The van der Waals surface area contributed by atoms with Crippen LogP contribution in [-0.4, -0.2) is 68.8 Å². The molecule has 0 spiro atoms. The molecule has 2 N–H and O–H groups in total. The first kappa shape index (κ1) is 22.3. The summed E-state index contributed by atoms with van der Waals surface area (Å²) >= 11 is 0. The SMILES string of the molecule is CCOC(=O)c1cn(C2O[C@H](CO)[C@H]3OC(C)(C)O[C@@H]23)c2ncnc(NC(C)=O)c2c1=O. The lowest BCUT2D eigenvalue weighted by molar-refractivity contribution is -0.199. The maximum Gasteiger partial charge on any atom is 0.343 e. The molecule has 12 nitrogen and oxygen atoms in total. The van der Waals surface area contributed by atoms with Crippen molar-refractivity contribution in [3.63, 3.8) is 0 Å². The predicted molar refractivity (Wildman–Crippen MR) is 109 cm³/mol. The number of aliphatic hydroxyl groups is 1. The topological polar surface area (TPSA) is 151 Å². The number of aromatic nitrogens is 3. The number of amides is 1. The number of ether oxygens (including phenoxy) is 4. The molecule has 4 rings (SSSR count). The molecule has 2 aliphatic rings. The van der Waals surface area contributed by atoms with Crippen LogP contribution in [0.5, 0.6) is 0 Å². The van der Waals surface area contributed by atoms with Gasteiger partial charge >= 0.3 is 5.97 Å². The second-order valence-corrected chi connectivity index (χ2v) is 7.91. The number of carbonyl (C=O) groups excluding carboxylic acids is 2. The van der Waals surface area contributed by atoms with Crippen molar-refractivity contribution in [1.29, 1.82) is 0 Å². The van der Waals surface area contributed by atoms with Crippen molar-refractivity contribution in [3.8, 4) is 0 Å². The molecule has 32 heavy (non-hydrogen) atoms. The molecule has 0 aromatic carbocycles. The van der Waals surface area contributed by atoms with Crippen molar-refractivity contribution in [2.24, 2.45) is 0 Å². The number of anilines is 1. The molecule has 2 aliphatic heterocycles. The zero-order chi connectivity index (χ0) is 23.2. The molecule has 4 atom stereocenters. The molecule has 2 saturated heterocycles. The van der Waals surface area contributed by atoms with Crippen LogP contribution in [-0.2, 0) is 23.7 Å². The van der Waals surface area contributed by atoms with E-state index in [1.54, 1.807) is 20.8 Å². The van der Waals surface area contributed by atoms with E-state index in [4.69, 9.17) is 18.9 Å². The Labute approximate surface area is 182 Å². The molecule has 2 aromatic rings. The number of hydrogen-bond donors (Lipinski definition) is 2. The Morgan fingerprint density at radius 3 is 2.66 bits per heavy atom. The number of pyridine rings is 1. The van der Waals surface area contributed by atoms with Crippen molar-refractivity contribution >= 4 is 28.7 Å². The summed E-state index contributed by atoms with van der Waals surface area (Å²) in [6.45, 7) is 6.09. The standard InChI is InChI=1S/C20H24N4O8/c1-5-29-19(28)10-6-24(17-12(13(10)27)16(21-8-22-17)23-9(2)26)18-15-14(11(7-25)30-18)31-20(3,4)32-15/h6,8,11,14-15,18,25H,5,7H2,1-4H3,(H,21,22,23,26)/t11-,14-,15-,18?/m1/s1. The Morgan fingerprint density at radius 1 is 1.28 bits per heavy atom. The van der Waals surface area contributed by atoms with Gasteiger partial charge in [0.2, 0.25) is 11.3 Å². The summed E-state index contributed by atoms with van der Waals surface area (Å²) in [6.07, 6.45) is -0.387. The van der Waals surface area contributed by atoms with Crippen LogP contribution in [0.3, 0.4) is 0 Å². The van der Waals surface area contributed by atoms with Gasteiger partial charge in [-0.15, -0.1) is 0 Å². The second-order valence-electron chi connectivity index (χ2n) is 7.91. The monoisotopic (exact) mass is 448 g/mol. The van der Waals surface area contributed by atoms with Gasteiger partial charge in [-0.3, -0.25) is 9.59 Å². The largest absolute Gasteiger partial charge is 0.462 e. The van der Waals surface area contributed by atoms with Gasteiger partial charge in [0.25, 0.3) is 0 Å². The average molecular weight is 448 g/mol. The Hall–Kier alpha value is -2.93. The van der Waals surface area contributed by atoms with E-state index in [1.807, 2.05) is 0 Å². The maximum atomic E-state index is 13.2. The van der Waals surface area contributed by atoms with Gasteiger partial charge in [0, 0.05) is 13.1 Å². The van der Waals surface area contributed by atoms with Gasteiger partial charge in [-0.25, -0.2) is 14.8 Å². The third-order valence-corrected chi connectivity index (χ3v) is 5.18. The number of hydrogen-bond acceptors (Lipinski definition) is 10. The van der Waals surface area contributed by atoms with E-state index in [0.717, 1.165) is 0 Å². The van der Waals surface area contributed by atoms with E-state index in [-0.39, 0.29) is 35.6 Å². The molecule has 1 unspecified atom stereocenters. The summed E-state index contributed by atoms with van der Waals surface area (Å²) < 4.78 is 24.4. The van der Waals surface area contributed by atoms with Crippen molar-refractivity contribution in [2.75, 3.05) is 18.5 Å². The summed E-state index contributed by atoms with van der Waals surface area (Å²) in [6, 6.07) is 0. The fourth-order valence-electron chi connectivity index (χ4n) is 4.01. The zero-order valence-electron chi connectivity index (χ0n) is 18.0. The van der Waals surface area contributed by atoms with Crippen LogP contribution in [0.25, 0.3) is 11.0 Å². The molecule has 0 bridgehead atoms. The van der Waals surface area contributed by atoms with E-state index in [9.17, 15) is 19.5 Å². The molecule has 12 heteroatoms. The van der Waals surface area contributed by atoms with Crippen molar-refractivity contribution in [3.05, 3.63) is 28.3 Å². The van der Waals surface area contributed by atoms with Crippen LogP contribution in [0.2, 0.25) is 0 Å². The summed E-state index contributed by atoms with van der Waals surface area (Å²) in [5.41, 5.74) is -0.875. The zero-order valence-corrected chi connectivity index (χ0v) is 18.0. The third-order valence-electron chi connectivity index (χ3n) is 5.18. The minimum Gasteiger partial charge on any atom is -0.462 e. The van der Waals surface area contributed by atoms with Gasteiger partial charge < -0.3 is 33.9 Å². The van der Waals surface area contributed by atoms with Crippen molar-refractivity contribution < 1.29 is 33.6 Å². The minimum atomic E-state index is -0.931. The number of carbonyl (C=O) groups is 2. The fourth-order valence-corrected chi connectivity index (χ4v) is 4.01. The molecule has 0 aliphatic carbocycles. The lowest BCUT2D eigenvalue weighted by Gasteiger charge is -2.26. The van der Waals surface area contributed by atoms with Crippen molar-refractivity contribution in [2.45, 2.75) is 58.0 Å². The quantitative estimate of drug-likeness (QED) is 0.613. The number of nitrogens with zero attached hydrogens (tertiary/aromatic N) is 3. The number of esters is 1. The molecule has 1 amide bonds.